The molecule has 4 rings (SSSR count). The fourth-order valence-corrected chi connectivity index (χ4v) is 7.17. The number of alkyl halides is 1. The number of hydrogen-bond donors (Lipinski definition) is 3. The molecular formula is C22H29FO5. The summed E-state index contributed by atoms with van der Waals surface area (Å²) in [5.74, 6) is -2.09. The number of Topliss-reactive ketones (excluding diaryl/α,β-unsaturated/α-hetero) is 1. The minimum absolute atomic E-state index is 0.0676. The van der Waals surface area contributed by atoms with Gasteiger partial charge in [-0.1, -0.05) is 31.6 Å². The second-order valence-electron chi connectivity index (χ2n) is 9.75. The Morgan fingerprint density at radius 1 is 1.32 bits per heavy atom. The average Bonchev–Trinajstić information content (AvgIpc) is 2.84. The number of rotatable bonds is 2. The zero-order valence-electron chi connectivity index (χ0n) is 16.6. The molecule has 0 saturated heterocycles. The summed E-state index contributed by atoms with van der Waals surface area (Å²) in [7, 11) is 0. The van der Waals surface area contributed by atoms with Crippen molar-refractivity contribution in [3.05, 3.63) is 23.8 Å². The third kappa shape index (κ3) is 2.01. The Labute approximate surface area is 164 Å². The summed E-state index contributed by atoms with van der Waals surface area (Å²) in [6.45, 7) is 4.47. The number of carbonyl (C=O) groups excluding carboxylic acids is 2. The van der Waals surface area contributed by atoms with E-state index in [2.05, 4.69) is 0 Å². The predicted octanol–water partition coefficient (Wildman–Crippen LogP) is 1.90. The van der Waals surface area contributed by atoms with Gasteiger partial charge in [0, 0.05) is 23.2 Å². The lowest BCUT2D eigenvalue weighted by atomic mass is 9.45. The average molecular weight is 392 g/mol. The van der Waals surface area contributed by atoms with E-state index in [1.165, 1.54) is 6.08 Å². The number of carbonyl (C=O) groups is 2. The second kappa shape index (κ2) is 5.83. The number of aliphatic hydroxyl groups excluding tert-OH is 2. The van der Waals surface area contributed by atoms with Crippen LogP contribution in [0.1, 0.15) is 46.5 Å². The van der Waals surface area contributed by atoms with Crippen LogP contribution in [0, 0.1) is 28.6 Å². The van der Waals surface area contributed by atoms with E-state index in [4.69, 9.17) is 0 Å². The van der Waals surface area contributed by atoms with Gasteiger partial charge in [0.1, 0.15) is 12.2 Å². The van der Waals surface area contributed by atoms with Gasteiger partial charge in [0.05, 0.1) is 6.10 Å². The largest absolute Gasteiger partial charge is 0.390 e. The number of halogens is 1. The van der Waals surface area contributed by atoms with Gasteiger partial charge in [-0.3, -0.25) is 9.59 Å². The topological polar surface area (TPSA) is 94.8 Å². The van der Waals surface area contributed by atoms with Crippen molar-refractivity contribution in [1.82, 2.24) is 0 Å². The van der Waals surface area contributed by atoms with Crippen LogP contribution in [0.15, 0.2) is 23.8 Å². The first-order valence-corrected chi connectivity index (χ1v) is 10.1. The standard InChI is InChI=1S/C22H29FO5/c1-12-8-16-15-5-4-13-9-14(25)6-7-19(13,2)21(15,23)17(26)10-20(16,3)22(12,28)18(27)11-24/h4,6-7,12,15-17,24,26,28H,5,8-11H2,1-3H3/t12-,15?,16?,17?,19?,20?,21+,22+/m1/s1. The highest BCUT2D eigenvalue weighted by Gasteiger charge is 2.75. The van der Waals surface area contributed by atoms with Crippen LogP contribution in [0.25, 0.3) is 0 Å². The van der Waals surface area contributed by atoms with Crippen molar-refractivity contribution < 1.29 is 29.3 Å². The van der Waals surface area contributed by atoms with Crippen molar-refractivity contribution >= 4 is 11.6 Å². The van der Waals surface area contributed by atoms with Crippen molar-refractivity contribution in [2.45, 2.75) is 63.8 Å². The predicted molar refractivity (Wildman–Crippen MR) is 99.9 cm³/mol. The van der Waals surface area contributed by atoms with Crippen LogP contribution >= 0.6 is 0 Å². The maximum absolute atomic E-state index is 16.9. The van der Waals surface area contributed by atoms with E-state index in [1.54, 1.807) is 26.8 Å². The van der Waals surface area contributed by atoms with Gasteiger partial charge >= 0.3 is 0 Å². The van der Waals surface area contributed by atoms with E-state index < -0.39 is 52.4 Å². The molecule has 28 heavy (non-hydrogen) atoms. The highest BCUT2D eigenvalue weighted by Crippen LogP contribution is 2.70. The molecule has 2 fully saturated rings. The quantitative estimate of drug-likeness (QED) is 0.624. The van der Waals surface area contributed by atoms with Gasteiger partial charge in [-0.25, -0.2) is 4.39 Å². The normalized spacial score (nSPS) is 52.5. The van der Waals surface area contributed by atoms with Gasteiger partial charge in [0.2, 0.25) is 0 Å². The smallest absolute Gasteiger partial charge is 0.190 e. The molecule has 2 saturated carbocycles. The molecule has 5 nitrogen and oxygen atoms in total. The first kappa shape index (κ1) is 19.9. The lowest BCUT2D eigenvalue weighted by Crippen LogP contribution is -2.69. The molecule has 3 N–H and O–H groups in total. The Bertz CT molecular complexity index is 805. The van der Waals surface area contributed by atoms with Crippen LogP contribution in [-0.2, 0) is 9.59 Å². The number of ketones is 2. The summed E-state index contributed by atoms with van der Waals surface area (Å²) in [6.07, 6.45) is 4.41. The Balaban J connectivity index is 1.85. The van der Waals surface area contributed by atoms with E-state index in [0.717, 1.165) is 0 Å². The van der Waals surface area contributed by atoms with E-state index in [-0.39, 0.29) is 24.5 Å². The van der Waals surface area contributed by atoms with Crippen molar-refractivity contribution in [2.75, 3.05) is 6.61 Å². The van der Waals surface area contributed by atoms with Gasteiger partial charge in [0.15, 0.2) is 17.2 Å². The molecule has 0 bridgehead atoms. The first-order chi connectivity index (χ1) is 13.0. The molecular weight excluding hydrogens is 363 g/mol. The molecule has 8 atom stereocenters. The molecule has 6 heteroatoms. The molecule has 5 unspecified atom stereocenters. The van der Waals surface area contributed by atoms with Crippen LogP contribution in [0.5, 0.6) is 0 Å². The summed E-state index contributed by atoms with van der Waals surface area (Å²) in [5.41, 5.74) is -5.18. The zero-order valence-corrected chi connectivity index (χ0v) is 16.6. The summed E-state index contributed by atoms with van der Waals surface area (Å²) < 4.78 is 16.9. The summed E-state index contributed by atoms with van der Waals surface area (Å²) >= 11 is 0. The van der Waals surface area contributed by atoms with Crippen LogP contribution in [0.3, 0.4) is 0 Å². The highest BCUT2D eigenvalue weighted by atomic mass is 19.1. The van der Waals surface area contributed by atoms with E-state index in [0.29, 0.717) is 18.4 Å². The summed E-state index contributed by atoms with van der Waals surface area (Å²) in [6, 6.07) is 0. The Kier molecular flexibility index (Phi) is 4.15. The molecule has 0 heterocycles. The molecule has 0 aliphatic heterocycles. The van der Waals surface area contributed by atoms with Gasteiger partial charge in [-0.15, -0.1) is 0 Å². The monoisotopic (exact) mass is 392 g/mol. The molecule has 0 radical (unpaired) electrons. The second-order valence-corrected chi connectivity index (χ2v) is 9.75. The molecule has 0 spiro atoms. The zero-order chi connectivity index (χ0) is 20.7. The Morgan fingerprint density at radius 3 is 2.64 bits per heavy atom. The third-order valence-electron chi connectivity index (χ3n) is 8.75. The van der Waals surface area contributed by atoms with Crippen molar-refractivity contribution in [3.8, 4) is 0 Å². The Hall–Kier alpha value is -1.37. The molecule has 154 valence electrons. The van der Waals surface area contributed by atoms with Crippen molar-refractivity contribution in [2.24, 2.45) is 28.6 Å². The summed E-state index contributed by atoms with van der Waals surface area (Å²) in [4.78, 5) is 24.4. The van der Waals surface area contributed by atoms with Gasteiger partial charge in [0.25, 0.3) is 0 Å². The molecule has 4 aliphatic rings. The molecule has 4 aliphatic carbocycles. The minimum Gasteiger partial charge on any atom is -0.390 e. The number of allylic oxidation sites excluding steroid dienone is 4. The van der Waals surface area contributed by atoms with Crippen LogP contribution < -0.4 is 0 Å². The fourth-order valence-electron chi connectivity index (χ4n) is 7.17. The van der Waals surface area contributed by atoms with Gasteiger partial charge in [-0.2, -0.15) is 0 Å². The number of fused-ring (bicyclic) bond motifs is 5. The fraction of sp³-hybridized carbons (Fsp3) is 0.727. The lowest BCUT2D eigenvalue weighted by Gasteiger charge is -2.62. The van der Waals surface area contributed by atoms with Crippen LogP contribution in [0.2, 0.25) is 0 Å². The molecule has 0 aromatic carbocycles. The molecule has 0 amide bonds. The van der Waals surface area contributed by atoms with Crippen LogP contribution in [-0.4, -0.2) is 50.9 Å². The highest BCUT2D eigenvalue weighted by molar-refractivity contribution is 5.93. The van der Waals surface area contributed by atoms with E-state index in [9.17, 15) is 24.9 Å². The molecule has 0 aromatic heterocycles. The minimum atomic E-state index is -1.98. The number of aliphatic hydroxyl groups is 3. The SMILES string of the molecule is C[C@@H]1CC2C3CC=C4CC(=O)C=CC4(C)[C@@]3(F)C(O)CC2(C)[C@@]1(O)C(=O)CO. The lowest BCUT2D eigenvalue weighted by molar-refractivity contribution is -0.215. The van der Waals surface area contributed by atoms with Crippen LogP contribution in [0.4, 0.5) is 4.39 Å². The van der Waals surface area contributed by atoms with Crippen molar-refractivity contribution in [1.29, 1.82) is 0 Å². The van der Waals surface area contributed by atoms with E-state index in [1.807, 2.05) is 6.08 Å². The maximum Gasteiger partial charge on any atom is 0.190 e. The van der Waals surface area contributed by atoms with Crippen molar-refractivity contribution in [3.63, 3.8) is 0 Å². The maximum atomic E-state index is 16.9. The third-order valence-corrected chi connectivity index (χ3v) is 8.75. The first-order valence-electron chi connectivity index (χ1n) is 10.1. The van der Waals surface area contributed by atoms with Gasteiger partial charge < -0.3 is 15.3 Å². The molecule has 0 aromatic rings. The van der Waals surface area contributed by atoms with E-state index >= 15 is 4.39 Å². The van der Waals surface area contributed by atoms with Gasteiger partial charge in [-0.05, 0) is 44.1 Å². The summed E-state index contributed by atoms with van der Waals surface area (Å²) in [5, 5.41) is 32.0. The number of hydrogen-bond acceptors (Lipinski definition) is 5. The Morgan fingerprint density at radius 2 is 2.00 bits per heavy atom.